The molecule has 0 amide bonds. The maximum atomic E-state index is 13.1. The minimum atomic E-state index is -3.83. The molecule has 7 nitrogen and oxygen atoms in total. The number of furan rings is 1. The Morgan fingerprint density at radius 1 is 0.938 bits per heavy atom. The maximum absolute atomic E-state index is 13.1. The van der Waals surface area contributed by atoms with Gasteiger partial charge in [-0.25, -0.2) is 17.8 Å². The number of halogens is 1. The van der Waals surface area contributed by atoms with Crippen LogP contribution in [0, 0.1) is 5.82 Å². The predicted molar refractivity (Wildman–Crippen MR) is 118 cm³/mol. The molecule has 0 bridgehead atoms. The number of aromatic nitrogens is 2. The van der Waals surface area contributed by atoms with E-state index in [2.05, 4.69) is 9.97 Å². The number of para-hydroxylation sites is 1. The van der Waals surface area contributed by atoms with Gasteiger partial charge in [0.25, 0.3) is 15.9 Å². The van der Waals surface area contributed by atoms with Gasteiger partial charge >= 0.3 is 0 Å². The Bertz CT molecular complexity index is 1530. The average Bonchev–Trinajstić information content (AvgIpc) is 3.19. The lowest BCUT2D eigenvalue weighted by molar-refractivity contribution is 0.456. The number of hydrogen-bond acceptors (Lipinski definition) is 6. The number of sulfonamides is 1. The van der Waals surface area contributed by atoms with Crippen molar-refractivity contribution in [1.82, 2.24) is 9.97 Å². The second-order valence-corrected chi connectivity index (χ2v) is 8.95. The number of ether oxygens (including phenoxy) is 1. The Morgan fingerprint density at radius 3 is 2.41 bits per heavy atom. The van der Waals surface area contributed by atoms with Crippen molar-refractivity contribution in [3.63, 3.8) is 0 Å². The van der Waals surface area contributed by atoms with Crippen LogP contribution in [0.15, 0.2) is 88.4 Å². The zero-order chi connectivity index (χ0) is 22.3. The molecule has 2 aromatic heterocycles. The van der Waals surface area contributed by atoms with Crippen molar-refractivity contribution in [3.05, 3.63) is 84.9 Å². The molecule has 9 heteroatoms. The van der Waals surface area contributed by atoms with Crippen molar-refractivity contribution in [1.29, 1.82) is 0 Å². The fourth-order valence-corrected chi connectivity index (χ4v) is 4.51. The molecule has 0 saturated heterocycles. The van der Waals surface area contributed by atoms with E-state index in [0.29, 0.717) is 28.1 Å². The first-order valence-corrected chi connectivity index (χ1v) is 11.0. The highest BCUT2D eigenvalue weighted by atomic mass is 32.2. The minimum Gasteiger partial charge on any atom is -0.449 e. The van der Waals surface area contributed by atoms with Crippen LogP contribution in [-0.4, -0.2) is 25.4 Å². The molecule has 0 atom stereocenters. The molecule has 0 unspecified atom stereocenters. The van der Waals surface area contributed by atoms with E-state index in [9.17, 15) is 12.8 Å². The van der Waals surface area contributed by atoms with Gasteiger partial charge in [-0.2, -0.15) is 4.98 Å². The monoisotopic (exact) mass is 449 g/mol. The molecule has 3 aromatic carbocycles. The smallest absolute Gasteiger partial charge is 0.267 e. The van der Waals surface area contributed by atoms with Crippen LogP contribution in [0.5, 0.6) is 11.6 Å². The van der Waals surface area contributed by atoms with Gasteiger partial charge < -0.3 is 9.15 Å². The second-order valence-electron chi connectivity index (χ2n) is 6.98. The van der Waals surface area contributed by atoms with E-state index in [1.165, 1.54) is 25.5 Å². The Hall–Kier alpha value is -3.98. The summed E-state index contributed by atoms with van der Waals surface area (Å²) in [6, 6.07) is 18.7. The van der Waals surface area contributed by atoms with Crippen molar-refractivity contribution in [2.45, 2.75) is 4.90 Å². The largest absolute Gasteiger partial charge is 0.449 e. The van der Waals surface area contributed by atoms with Crippen LogP contribution in [0.3, 0.4) is 0 Å². The Balaban J connectivity index is 1.42. The molecule has 32 heavy (non-hydrogen) atoms. The number of nitrogens with zero attached hydrogens (tertiary/aromatic N) is 3. The normalized spacial score (nSPS) is 11.7. The van der Waals surface area contributed by atoms with Crippen LogP contribution < -0.4 is 9.04 Å². The molecule has 160 valence electrons. The van der Waals surface area contributed by atoms with Crippen molar-refractivity contribution in [2.24, 2.45) is 0 Å². The number of rotatable bonds is 5. The van der Waals surface area contributed by atoms with E-state index in [1.807, 2.05) is 24.3 Å². The standard InChI is InChI=1S/C23H16FN3O4S/c1-27(32(28,29)18-12-6-15(24)7-13-18)16-8-10-17(11-9-16)30-23-22-21(25-14-26-23)19-4-2-3-5-20(19)31-22/h2-14H,1H3. The predicted octanol–water partition coefficient (Wildman–Crippen LogP) is 5.13. The quantitative estimate of drug-likeness (QED) is 0.370. The summed E-state index contributed by atoms with van der Waals surface area (Å²) in [5.41, 5.74) is 2.16. The molecular formula is C23H16FN3O4S. The molecular weight excluding hydrogens is 433 g/mol. The summed E-state index contributed by atoms with van der Waals surface area (Å²) in [7, 11) is -2.41. The molecule has 0 fully saturated rings. The topological polar surface area (TPSA) is 85.5 Å². The third kappa shape index (κ3) is 3.42. The van der Waals surface area contributed by atoms with Gasteiger partial charge in [-0.1, -0.05) is 12.1 Å². The molecule has 0 spiro atoms. The van der Waals surface area contributed by atoms with Crippen LogP contribution in [-0.2, 0) is 10.0 Å². The van der Waals surface area contributed by atoms with E-state index >= 15 is 0 Å². The molecule has 0 aliphatic carbocycles. The third-order valence-electron chi connectivity index (χ3n) is 5.01. The van der Waals surface area contributed by atoms with Crippen LogP contribution in [0.2, 0.25) is 0 Å². The zero-order valence-electron chi connectivity index (χ0n) is 16.8. The van der Waals surface area contributed by atoms with E-state index in [0.717, 1.165) is 21.8 Å². The van der Waals surface area contributed by atoms with E-state index in [4.69, 9.17) is 9.15 Å². The molecule has 5 rings (SSSR count). The SMILES string of the molecule is CN(c1ccc(Oc2ncnc3c2oc2ccccc23)cc1)S(=O)(=O)c1ccc(F)cc1. The number of hydrogen-bond donors (Lipinski definition) is 0. The van der Waals surface area contributed by atoms with Gasteiger partial charge in [-0.3, -0.25) is 4.31 Å². The summed E-state index contributed by atoms with van der Waals surface area (Å²) in [6.07, 6.45) is 1.40. The van der Waals surface area contributed by atoms with Crippen molar-refractivity contribution in [3.8, 4) is 11.6 Å². The summed E-state index contributed by atoms with van der Waals surface area (Å²) in [5.74, 6) is 0.199. The number of benzene rings is 3. The van der Waals surface area contributed by atoms with Crippen LogP contribution in [0.25, 0.3) is 22.1 Å². The maximum Gasteiger partial charge on any atom is 0.267 e. The van der Waals surface area contributed by atoms with Gasteiger partial charge in [0, 0.05) is 12.4 Å². The molecule has 2 heterocycles. The molecule has 0 aliphatic heterocycles. The molecule has 0 aliphatic rings. The number of anilines is 1. The molecule has 5 aromatic rings. The van der Waals surface area contributed by atoms with E-state index in [-0.39, 0.29) is 10.8 Å². The Morgan fingerprint density at radius 2 is 1.66 bits per heavy atom. The highest BCUT2D eigenvalue weighted by Crippen LogP contribution is 2.34. The lowest BCUT2D eigenvalue weighted by atomic mass is 10.2. The van der Waals surface area contributed by atoms with Gasteiger partial charge in [0.1, 0.15) is 29.0 Å². The Labute approximate surface area is 182 Å². The fourth-order valence-electron chi connectivity index (χ4n) is 3.31. The summed E-state index contributed by atoms with van der Waals surface area (Å²) in [5, 5.41) is 0.859. The molecule has 0 radical (unpaired) electrons. The van der Waals surface area contributed by atoms with Crippen molar-refractivity contribution >= 4 is 37.8 Å². The van der Waals surface area contributed by atoms with Crippen LogP contribution in [0.4, 0.5) is 10.1 Å². The number of fused-ring (bicyclic) bond motifs is 3. The van der Waals surface area contributed by atoms with Crippen LogP contribution >= 0.6 is 0 Å². The Kier molecular flexibility index (Phi) is 4.75. The first-order chi connectivity index (χ1) is 15.4. The van der Waals surface area contributed by atoms with Gasteiger partial charge in [0.2, 0.25) is 5.58 Å². The van der Waals surface area contributed by atoms with Crippen molar-refractivity contribution in [2.75, 3.05) is 11.4 Å². The third-order valence-corrected chi connectivity index (χ3v) is 6.81. The van der Waals surface area contributed by atoms with Gasteiger partial charge in [-0.15, -0.1) is 0 Å². The average molecular weight is 449 g/mol. The van der Waals surface area contributed by atoms with E-state index in [1.54, 1.807) is 24.3 Å². The first kappa shape index (κ1) is 20.0. The zero-order valence-corrected chi connectivity index (χ0v) is 17.6. The highest BCUT2D eigenvalue weighted by molar-refractivity contribution is 7.92. The lowest BCUT2D eigenvalue weighted by Gasteiger charge is -2.19. The molecule has 0 saturated carbocycles. The second kappa shape index (κ2) is 7.61. The van der Waals surface area contributed by atoms with Gasteiger partial charge in [-0.05, 0) is 60.7 Å². The van der Waals surface area contributed by atoms with Crippen molar-refractivity contribution < 1.29 is 22.0 Å². The minimum absolute atomic E-state index is 0.00464. The fraction of sp³-hybridized carbons (Fsp3) is 0.0435. The van der Waals surface area contributed by atoms with E-state index < -0.39 is 15.8 Å². The summed E-state index contributed by atoms with van der Waals surface area (Å²) in [4.78, 5) is 8.46. The summed E-state index contributed by atoms with van der Waals surface area (Å²) < 4.78 is 51.6. The van der Waals surface area contributed by atoms with Crippen LogP contribution in [0.1, 0.15) is 0 Å². The first-order valence-electron chi connectivity index (χ1n) is 9.58. The highest BCUT2D eigenvalue weighted by Gasteiger charge is 2.21. The van der Waals surface area contributed by atoms with Gasteiger partial charge in [0.05, 0.1) is 10.6 Å². The van der Waals surface area contributed by atoms with Gasteiger partial charge in [0.15, 0.2) is 0 Å². The molecule has 0 N–H and O–H groups in total. The summed E-state index contributed by atoms with van der Waals surface area (Å²) in [6.45, 7) is 0. The summed E-state index contributed by atoms with van der Waals surface area (Å²) >= 11 is 0. The lowest BCUT2D eigenvalue weighted by Crippen LogP contribution is -2.26.